The minimum Gasteiger partial charge on any atom is -0.316 e. The van der Waals surface area contributed by atoms with Gasteiger partial charge in [-0.2, -0.15) is 0 Å². The Morgan fingerprint density at radius 1 is 1.47 bits per heavy atom. The lowest BCUT2D eigenvalue weighted by Gasteiger charge is -2.22. The van der Waals surface area contributed by atoms with Gasteiger partial charge in [-0.1, -0.05) is 11.6 Å². The van der Waals surface area contributed by atoms with Crippen LogP contribution in [0.3, 0.4) is 0 Å². The minimum atomic E-state index is -0.0636. The molecular weight excluding hydrogens is 262 g/mol. The molecule has 0 bridgehead atoms. The van der Waals surface area contributed by atoms with E-state index >= 15 is 0 Å². The summed E-state index contributed by atoms with van der Waals surface area (Å²) in [6, 6.07) is 5.17. The molecule has 3 rings (SSSR count). The maximum absolute atomic E-state index is 12.0. The second-order valence-electron chi connectivity index (χ2n) is 5.08. The number of fused-ring (bicyclic) bond motifs is 1. The Morgan fingerprint density at radius 3 is 3.16 bits per heavy atom. The number of rotatable bonds is 2. The summed E-state index contributed by atoms with van der Waals surface area (Å²) in [5.41, 5.74) is 1.47. The zero-order valence-corrected chi connectivity index (χ0v) is 11.4. The summed E-state index contributed by atoms with van der Waals surface area (Å²) in [5, 5.41) is 3.93. The van der Waals surface area contributed by atoms with Crippen LogP contribution in [0, 0.1) is 5.92 Å². The second kappa shape index (κ2) is 5.31. The van der Waals surface area contributed by atoms with Crippen LogP contribution in [-0.2, 0) is 6.42 Å². The average molecular weight is 278 g/mol. The molecule has 1 unspecified atom stereocenters. The molecule has 0 radical (unpaired) electrons. The maximum Gasteiger partial charge on any atom is 0.258 e. The lowest BCUT2D eigenvalue weighted by atomic mass is 9.94. The normalized spacial score (nSPS) is 19.7. The number of pyridine rings is 1. The molecule has 4 nitrogen and oxygen atoms in total. The summed E-state index contributed by atoms with van der Waals surface area (Å²) in [7, 11) is 0. The lowest BCUT2D eigenvalue weighted by molar-refractivity contribution is 0.373. The van der Waals surface area contributed by atoms with E-state index in [9.17, 15) is 4.79 Å². The molecule has 0 aromatic carbocycles. The first kappa shape index (κ1) is 12.6. The van der Waals surface area contributed by atoms with Crippen LogP contribution < -0.4 is 10.9 Å². The monoisotopic (exact) mass is 277 g/mol. The molecule has 0 amide bonds. The van der Waals surface area contributed by atoms with E-state index in [1.54, 1.807) is 24.4 Å². The Morgan fingerprint density at radius 2 is 2.37 bits per heavy atom. The molecule has 1 atom stereocenters. The van der Waals surface area contributed by atoms with E-state index in [0.29, 0.717) is 16.6 Å². The van der Waals surface area contributed by atoms with Crippen LogP contribution >= 0.6 is 11.6 Å². The maximum atomic E-state index is 12.0. The first-order valence-corrected chi connectivity index (χ1v) is 6.99. The fraction of sp³-hybridized carbons (Fsp3) is 0.429. The molecule has 19 heavy (non-hydrogen) atoms. The van der Waals surface area contributed by atoms with E-state index < -0.39 is 0 Å². The van der Waals surface area contributed by atoms with Crippen molar-refractivity contribution in [2.45, 2.75) is 19.3 Å². The molecule has 1 N–H and O–H groups in total. The smallest absolute Gasteiger partial charge is 0.258 e. The second-order valence-corrected chi connectivity index (χ2v) is 5.51. The van der Waals surface area contributed by atoms with Crippen molar-refractivity contribution in [3.05, 3.63) is 45.5 Å². The third-order valence-electron chi connectivity index (χ3n) is 3.57. The standard InChI is InChI=1S/C14H16ClN3O/c15-11-3-4-13-17-12(7-14(19)18(13)9-11)6-10-2-1-5-16-8-10/h3-4,7,9-10,16H,1-2,5-6,8H2. The summed E-state index contributed by atoms with van der Waals surface area (Å²) < 4.78 is 1.49. The Hall–Kier alpha value is -1.39. The molecule has 1 fully saturated rings. The lowest BCUT2D eigenvalue weighted by Crippen LogP contribution is -2.31. The Kier molecular flexibility index (Phi) is 3.53. The largest absolute Gasteiger partial charge is 0.316 e. The van der Waals surface area contributed by atoms with Crippen LogP contribution in [0.25, 0.3) is 5.65 Å². The van der Waals surface area contributed by atoms with Crippen LogP contribution in [0.15, 0.2) is 29.2 Å². The topological polar surface area (TPSA) is 46.4 Å². The quantitative estimate of drug-likeness (QED) is 0.912. The molecule has 0 aliphatic carbocycles. The Labute approximate surface area is 116 Å². The van der Waals surface area contributed by atoms with Crippen molar-refractivity contribution >= 4 is 17.2 Å². The van der Waals surface area contributed by atoms with Gasteiger partial charge in [0.25, 0.3) is 5.56 Å². The summed E-state index contributed by atoms with van der Waals surface area (Å²) in [6.07, 6.45) is 4.88. The van der Waals surface area contributed by atoms with E-state index in [1.807, 2.05) is 0 Å². The van der Waals surface area contributed by atoms with Crippen molar-refractivity contribution in [3.8, 4) is 0 Å². The van der Waals surface area contributed by atoms with Gasteiger partial charge in [0.1, 0.15) is 5.65 Å². The van der Waals surface area contributed by atoms with E-state index in [4.69, 9.17) is 11.6 Å². The van der Waals surface area contributed by atoms with Crippen molar-refractivity contribution in [2.24, 2.45) is 5.92 Å². The Bertz CT molecular complexity index is 647. The van der Waals surface area contributed by atoms with Crippen LogP contribution in [0.5, 0.6) is 0 Å². The van der Waals surface area contributed by atoms with E-state index in [0.717, 1.165) is 25.2 Å². The van der Waals surface area contributed by atoms with Gasteiger partial charge in [0, 0.05) is 18.0 Å². The van der Waals surface area contributed by atoms with Gasteiger partial charge in [0.2, 0.25) is 0 Å². The highest BCUT2D eigenvalue weighted by atomic mass is 35.5. The van der Waals surface area contributed by atoms with E-state index in [1.165, 1.54) is 17.2 Å². The molecule has 2 aromatic rings. The van der Waals surface area contributed by atoms with Crippen molar-refractivity contribution in [1.29, 1.82) is 0 Å². The molecule has 0 saturated carbocycles. The third-order valence-corrected chi connectivity index (χ3v) is 3.80. The summed E-state index contributed by atoms with van der Waals surface area (Å²) in [5.74, 6) is 0.579. The molecule has 5 heteroatoms. The van der Waals surface area contributed by atoms with Gasteiger partial charge < -0.3 is 5.32 Å². The van der Waals surface area contributed by atoms with Crippen molar-refractivity contribution in [2.75, 3.05) is 13.1 Å². The van der Waals surface area contributed by atoms with Crippen molar-refractivity contribution in [3.63, 3.8) is 0 Å². The highest BCUT2D eigenvalue weighted by Gasteiger charge is 2.15. The molecule has 1 aliphatic rings. The van der Waals surface area contributed by atoms with Crippen LogP contribution in [0.4, 0.5) is 0 Å². The molecule has 100 valence electrons. The predicted molar refractivity (Wildman–Crippen MR) is 75.8 cm³/mol. The molecule has 1 aliphatic heterocycles. The van der Waals surface area contributed by atoms with Crippen LogP contribution in [0.1, 0.15) is 18.5 Å². The Balaban J connectivity index is 1.92. The SMILES string of the molecule is O=c1cc(CC2CCCNC2)nc2ccc(Cl)cn12. The van der Waals surface area contributed by atoms with Gasteiger partial charge in [-0.15, -0.1) is 0 Å². The van der Waals surface area contributed by atoms with Crippen molar-refractivity contribution in [1.82, 2.24) is 14.7 Å². The van der Waals surface area contributed by atoms with Gasteiger partial charge >= 0.3 is 0 Å². The molecule has 1 saturated heterocycles. The highest BCUT2D eigenvalue weighted by Crippen LogP contribution is 2.15. The molecule has 3 heterocycles. The fourth-order valence-electron chi connectivity index (χ4n) is 2.62. The average Bonchev–Trinajstić information content (AvgIpc) is 2.41. The van der Waals surface area contributed by atoms with E-state index in [2.05, 4.69) is 10.3 Å². The third kappa shape index (κ3) is 2.80. The molecule has 0 spiro atoms. The summed E-state index contributed by atoms with van der Waals surface area (Å²) in [6.45, 7) is 2.12. The highest BCUT2D eigenvalue weighted by molar-refractivity contribution is 6.30. The van der Waals surface area contributed by atoms with Gasteiger partial charge in [-0.25, -0.2) is 4.98 Å². The fourth-order valence-corrected chi connectivity index (χ4v) is 2.79. The number of halogens is 1. The van der Waals surface area contributed by atoms with E-state index in [-0.39, 0.29) is 5.56 Å². The zero-order chi connectivity index (χ0) is 13.2. The molecular formula is C14H16ClN3O. The first-order valence-electron chi connectivity index (χ1n) is 6.61. The number of hydrogen-bond acceptors (Lipinski definition) is 3. The van der Waals surface area contributed by atoms with Gasteiger partial charge in [0.15, 0.2) is 0 Å². The van der Waals surface area contributed by atoms with Gasteiger partial charge in [-0.05, 0) is 50.4 Å². The van der Waals surface area contributed by atoms with Gasteiger partial charge in [0.05, 0.1) is 5.02 Å². The molecule has 2 aromatic heterocycles. The number of piperidine rings is 1. The summed E-state index contributed by atoms with van der Waals surface area (Å²) in [4.78, 5) is 16.6. The predicted octanol–water partition coefficient (Wildman–Crippen LogP) is 1.89. The first-order chi connectivity index (χ1) is 9.22. The van der Waals surface area contributed by atoms with Crippen molar-refractivity contribution < 1.29 is 0 Å². The number of hydrogen-bond donors (Lipinski definition) is 1. The minimum absolute atomic E-state index is 0.0636. The van der Waals surface area contributed by atoms with Crippen LogP contribution in [0.2, 0.25) is 5.02 Å². The number of nitrogens with one attached hydrogen (secondary N) is 1. The number of nitrogens with zero attached hydrogens (tertiary/aromatic N) is 2. The van der Waals surface area contributed by atoms with Crippen LogP contribution in [-0.4, -0.2) is 22.5 Å². The zero-order valence-electron chi connectivity index (χ0n) is 10.6. The van der Waals surface area contributed by atoms with Gasteiger partial charge in [-0.3, -0.25) is 9.20 Å². The number of aromatic nitrogens is 2. The summed E-state index contributed by atoms with van der Waals surface area (Å²) >= 11 is 5.89.